The number of aromatic hydroxyl groups is 1. The van der Waals surface area contributed by atoms with Crippen molar-refractivity contribution in [2.75, 3.05) is 25.7 Å². The molecule has 1 aromatic rings. The fourth-order valence-electron chi connectivity index (χ4n) is 0.845. The lowest BCUT2D eigenvalue weighted by molar-refractivity contribution is -0.445. The van der Waals surface area contributed by atoms with Crippen LogP contribution in [0.1, 0.15) is 0 Å². The topological polar surface area (TPSA) is 120 Å². The third-order valence-electron chi connectivity index (χ3n) is 1.42. The van der Waals surface area contributed by atoms with Gasteiger partial charge in [-0.05, 0) is 0 Å². The summed E-state index contributed by atoms with van der Waals surface area (Å²) in [4.78, 5) is 17.3. The zero-order chi connectivity index (χ0) is 12.0. The Morgan fingerprint density at radius 3 is 2.94 bits per heavy atom. The number of hydrogen-bond acceptors (Lipinski definition) is 7. The van der Waals surface area contributed by atoms with Gasteiger partial charge in [-0.3, -0.25) is 0 Å². The first kappa shape index (κ1) is 11.9. The van der Waals surface area contributed by atoms with E-state index in [4.69, 9.17) is 14.6 Å². The van der Waals surface area contributed by atoms with Crippen LogP contribution in [0, 0.1) is 10.1 Å². The molecule has 0 radical (unpaired) electrons. The Morgan fingerprint density at radius 2 is 2.31 bits per heavy atom. The summed E-state index contributed by atoms with van der Waals surface area (Å²) in [6.07, 6.45) is 0. The number of nitro groups is 1. The number of hydrogen-bond donors (Lipinski definition) is 2. The van der Waals surface area contributed by atoms with E-state index in [9.17, 15) is 10.1 Å². The van der Waals surface area contributed by atoms with Crippen molar-refractivity contribution in [1.29, 1.82) is 0 Å². The van der Waals surface area contributed by atoms with Crippen molar-refractivity contribution in [3.05, 3.63) is 16.2 Å². The molecule has 1 aromatic heterocycles. The van der Waals surface area contributed by atoms with Crippen LogP contribution in [0.3, 0.4) is 0 Å². The molecule has 1 rings (SSSR count). The highest BCUT2D eigenvalue weighted by molar-refractivity contribution is 5.36. The van der Waals surface area contributed by atoms with Crippen molar-refractivity contribution >= 4 is 5.82 Å². The summed E-state index contributed by atoms with van der Waals surface area (Å²) in [5.41, 5.74) is 1.78. The first-order chi connectivity index (χ1) is 7.61. The van der Waals surface area contributed by atoms with Crippen LogP contribution >= 0.6 is 0 Å². The quantitative estimate of drug-likeness (QED) is 0.392. The van der Waals surface area contributed by atoms with Gasteiger partial charge >= 0.3 is 6.01 Å². The minimum atomic E-state index is -0.805. The molecular weight excluding hydrogens is 220 g/mol. The van der Waals surface area contributed by atoms with Gasteiger partial charge in [-0.15, -0.1) is 0 Å². The van der Waals surface area contributed by atoms with Crippen LogP contribution in [0.2, 0.25) is 0 Å². The van der Waals surface area contributed by atoms with Gasteiger partial charge < -0.3 is 14.6 Å². The molecule has 0 aliphatic heterocycles. The molecule has 0 fully saturated rings. The molecule has 1 heterocycles. The van der Waals surface area contributed by atoms with Crippen LogP contribution in [0.25, 0.3) is 0 Å². The van der Waals surface area contributed by atoms with Gasteiger partial charge in [0.25, 0.3) is 0 Å². The van der Waals surface area contributed by atoms with Crippen LogP contribution in [0.4, 0.5) is 5.82 Å². The molecule has 88 valence electrons. The van der Waals surface area contributed by atoms with E-state index >= 15 is 0 Å². The third-order valence-corrected chi connectivity index (χ3v) is 1.42. The number of nitrogens with one attached hydrogen (secondary N) is 1. The van der Waals surface area contributed by atoms with Crippen molar-refractivity contribution in [3.63, 3.8) is 0 Å². The molecule has 0 aliphatic rings. The van der Waals surface area contributed by atoms with Crippen LogP contribution in [-0.2, 0) is 4.74 Å². The molecule has 0 aliphatic carbocycles. The highest BCUT2D eigenvalue weighted by Gasteiger charge is 2.08. The van der Waals surface area contributed by atoms with Crippen molar-refractivity contribution in [2.45, 2.75) is 0 Å². The number of anilines is 1. The van der Waals surface area contributed by atoms with Gasteiger partial charge in [0.2, 0.25) is 11.7 Å². The van der Waals surface area contributed by atoms with E-state index in [1.54, 1.807) is 5.43 Å². The second-order valence-electron chi connectivity index (χ2n) is 2.60. The number of hydrazine groups is 1. The average molecular weight is 230 g/mol. The number of rotatable bonds is 6. The Bertz CT molecular complexity index is 372. The lowest BCUT2D eigenvalue weighted by Crippen LogP contribution is -2.11. The summed E-state index contributed by atoms with van der Waals surface area (Å²) < 4.78 is 9.70. The largest absolute Gasteiger partial charge is 0.493 e. The maximum Gasteiger partial charge on any atom is 0.321 e. The molecule has 0 amide bonds. The third kappa shape index (κ3) is 3.92. The second kappa shape index (κ2) is 5.66. The van der Waals surface area contributed by atoms with Crippen molar-refractivity contribution in [2.24, 2.45) is 0 Å². The molecule has 9 heteroatoms. The zero-order valence-corrected chi connectivity index (χ0v) is 8.41. The Morgan fingerprint density at radius 1 is 1.56 bits per heavy atom. The summed E-state index contributed by atoms with van der Waals surface area (Å²) in [7, 11) is 1.49. The molecule has 0 spiro atoms. The van der Waals surface area contributed by atoms with Gasteiger partial charge in [-0.1, -0.05) is 5.43 Å². The Kier molecular flexibility index (Phi) is 4.21. The SMILES string of the molecule is COCCOc1nc(O)cc(N[N+](=O)[O-])n1. The van der Waals surface area contributed by atoms with Crippen molar-refractivity contribution in [1.82, 2.24) is 9.97 Å². The number of methoxy groups -OCH3 is 1. The maximum atomic E-state index is 10.1. The molecule has 2 N–H and O–H groups in total. The minimum absolute atomic E-state index is 0.162. The highest BCUT2D eigenvalue weighted by Crippen LogP contribution is 2.15. The van der Waals surface area contributed by atoms with Gasteiger partial charge in [-0.25, -0.2) is 10.1 Å². The standard InChI is InChI=1S/C7H10N4O5/c1-15-2-3-16-7-8-5(10-11(13)14)4-6(12)9-7/h4H,2-3H2,1H3,(H2,8,9,10,12). The summed E-state index contributed by atoms with van der Waals surface area (Å²) in [5, 5.41) is 18.5. The molecule has 0 bridgehead atoms. The van der Waals surface area contributed by atoms with Gasteiger partial charge in [-0.2, -0.15) is 9.97 Å². The van der Waals surface area contributed by atoms with Crippen LogP contribution in [0.5, 0.6) is 11.9 Å². The predicted molar refractivity (Wildman–Crippen MR) is 51.7 cm³/mol. The summed E-state index contributed by atoms with van der Waals surface area (Å²) in [6.45, 7) is 0.495. The number of nitrogens with zero attached hydrogens (tertiary/aromatic N) is 3. The molecule has 9 nitrogen and oxygen atoms in total. The normalized spacial score (nSPS) is 9.81. The van der Waals surface area contributed by atoms with Crippen LogP contribution in [-0.4, -0.2) is 40.4 Å². The van der Waals surface area contributed by atoms with Gasteiger partial charge in [0.15, 0.2) is 5.03 Å². The average Bonchev–Trinajstić information content (AvgIpc) is 2.16. The van der Waals surface area contributed by atoms with Crippen molar-refractivity contribution in [3.8, 4) is 11.9 Å². The monoisotopic (exact) mass is 230 g/mol. The Balaban J connectivity index is 2.69. The molecule has 0 saturated carbocycles. The molecule has 0 saturated heterocycles. The highest BCUT2D eigenvalue weighted by atomic mass is 16.7. The second-order valence-corrected chi connectivity index (χ2v) is 2.60. The summed E-state index contributed by atoms with van der Waals surface area (Å²) in [6, 6.07) is 0.841. The van der Waals surface area contributed by atoms with Gasteiger partial charge in [0.1, 0.15) is 6.61 Å². The number of aromatic nitrogens is 2. The van der Waals surface area contributed by atoms with E-state index in [1.165, 1.54) is 7.11 Å². The minimum Gasteiger partial charge on any atom is -0.493 e. The first-order valence-electron chi connectivity index (χ1n) is 4.22. The molecule has 0 atom stereocenters. The van der Waals surface area contributed by atoms with E-state index in [0.717, 1.165) is 6.07 Å². The summed E-state index contributed by atoms with van der Waals surface area (Å²) in [5.74, 6) is -0.586. The fraction of sp³-hybridized carbons (Fsp3) is 0.429. The lowest BCUT2D eigenvalue weighted by atomic mass is 10.6. The van der Waals surface area contributed by atoms with Crippen LogP contribution in [0.15, 0.2) is 6.07 Å². The maximum absolute atomic E-state index is 10.1. The van der Waals surface area contributed by atoms with Gasteiger partial charge in [0, 0.05) is 13.2 Å². The molecule has 0 unspecified atom stereocenters. The smallest absolute Gasteiger partial charge is 0.321 e. The molecular formula is C7H10N4O5. The first-order valence-corrected chi connectivity index (χ1v) is 4.22. The molecule has 0 aromatic carbocycles. The molecule has 16 heavy (non-hydrogen) atoms. The van der Waals surface area contributed by atoms with E-state index in [1.807, 2.05) is 0 Å². The Labute approximate surface area is 90.2 Å². The lowest BCUT2D eigenvalue weighted by Gasteiger charge is -2.04. The Hall–Kier alpha value is -2.16. The summed E-state index contributed by atoms with van der Waals surface area (Å²) >= 11 is 0. The van der Waals surface area contributed by atoms with E-state index in [0.29, 0.717) is 6.61 Å². The van der Waals surface area contributed by atoms with E-state index < -0.39 is 10.9 Å². The number of ether oxygens (including phenoxy) is 2. The predicted octanol–water partition coefficient (Wildman–Crippen LogP) is -0.189. The van der Waals surface area contributed by atoms with Crippen LogP contribution < -0.4 is 10.2 Å². The van der Waals surface area contributed by atoms with Crippen molar-refractivity contribution < 1.29 is 19.6 Å². The zero-order valence-electron chi connectivity index (χ0n) is 8.41. The van der Waals surface area contributed by atoms with E-state index in [-0.39, 0.29) is 18.4 Å². The van der Waals surface area contributed by atoms with Gasteiger partial charge in [0.05, 0.1) is 6.61 Å². The van der Waals surface area contributed by atoms with E-state index in [2.05, 4.69) is 9.97 Å². The fourth-order valence-corrected chi connectivity index (χ4v) is 0.845.